The van der Waals surface area contributed by atoms with Crippen molar-refractivity contribution in [3.8, 4) is 0 Å². The first kappa shape index (κ1) is 11.4. The van der Waals surface area contributed by atoms with E-state index in [-0.39, 0.29) is 11.6 Å². The monoisotopic (exact) mass is 337 g/mol. The van der Waals surface area contributed by atoms with Crippen molar-refractivity contribution < 1.29 is 8.78 Å². The van der Waals surface area contributed by atoms with E-state index in [1.54, 1.807) is 0 Å². The Hall–Kier alpha value is 0.320. The molecule has 1 heterocycles. The van der Waals surface area contributed by atoms with Gasteiger partial charge in [0, 0.05) is 3.57 Å². The summed E-state index contributed by atoms with van der Waals surface area (Å²) in [4.78, 5) is 3.63. The van der Waals surface area contributed by atoms with Gasteiger partial charge >= 0.3 is 0 Å². The largest absolute Gasteiger partial charge is 0.280 e. The maximum Gasteiger partial charge on any atom is 0.280 e. The van der Waals surface area contributed by atoms with Crippen LogP contribution in [0.5, 0.6) is 0 Å². The molecular formula is C7H4Cl2F2IN. The Bertz CT molecular complexity index is 320. The molecule has 1 nitrogen and oxygen atoms in total. The lowest BCUT2D eigenvalue weighted by molar-refractivity contribution is 0.146. The zero-order valence-electron chi connectivity index (χ0n) is 6.20. The number of hydrogen-bond donors (Lipinski definition) is 0. The summed E-state index contributed by atoms with van der Waals surface area (Å²) in [5.41, 5.74) is 0.00924. The van der Waals surface area contributed by atoms with Gasteiger partial charge in [-0.15, -0.1) is 11.6 Å². The zero-order chi connectivity index (χ0) is 10.0. The number of alkyl halides is 3. The number of aromatic nitrogens is 1. The molecule has 0 radical (unpaired) electrons. The second-order valence-corrected chi connectivity index (χ2v) is 4.03. The Morgan fingerprint density at radius 3 is 2.62 bits per heavy atom. The van der Waals surface area contributed by atoms with Crippen LogP contribution in [0.25, 0.3) is 0 Å². The third-order valence-corrected chi connectivity index (χ3v) is 3.20. The van der Waals surface area contributed by atoms with Gasteiger partial charge in [0.1, 0.15) is 5.69 Å². The first-order valence-corrected chi connectivity index (χ1v) is 5.24. The summed E-state index contributed by atoms with van der Waals surface area (Å²) < 4.78 is 25.0. The van der Waals surface area contributed by atoms with E-state index in [4.69, 9.17) is 23.2 Å². The average Bonchev–Trinajstić information content (AvgIpc) is 2.09. The highest BCUT2D eigenvalue weighted by Gasteiger charge is 2.14. The van der Waals surface area contributed by atoms with E-state index in [1.807, 2.05) is 22.6 Å². The Kier molecular flexibility index (Phi) is 4.12. The smallest absolute Gasteiger partial charge is 0.249 e. The van der Waals surface area contributed by atoms with Gasteiger partial charge in [0.25, 0.3) is 6.43 Å². The SMILES string of the molecule is FC(F)c1cc(I)c(Cl)c(CCl)n1. The van der Waals surface area contributed by atoms with E-state index in [0.717, 1.165) is 0 Å². The molecule has 1 aromatic heterocycles. The molecule has 1 aromatic rings. The summed E-state index contributed by atoms with van der Waals surface area (Å²) >= 11 is 13.1. The maximum absolute atomic E-state index is 12.2. The van der Waals surface area contributed by atoms with Gasteiger partial charge in [0.2, 0.25) is 0 Å². The van der Waals surface area contributed by atoms with Crippen molar-refractivity contribution >= 4 is 45.8 Å². The average molecular weight is 338 g/mol. The molecule has 0 fully saturated rings. The fourth-order valence-electron chi connectivity index (χ4n) is 0.769. The molecule has 0 aliphatic rings. The van der Waals surface area contributed by atoms with Crippen LogP contribution in [0.1, 0.15) is 17.8 Å². The second-order valence-electron chi connectivity index (χ2n) is 2.22. The number of halogens is 5. The molecule has 0 atom stereocenters. The van der Waals surface area contributed by atoms with Crippen molar-refractivity contribution in [3.63, 3.8) is 0 Å². The standard InChI is InChI=1S/C7H4Cl2F2IN/c8-2-5-6(9)3(12)1-4(13-5)7(10)11/h1,7H,2H2. The molecule has 6 heteroatoms. The first-order chi connectivity index (χ1) is 6.06. The quantitative estimate of drug-likeness (QED) is 0.587. The Balaban J connectivity index is 3.22. The number of hydrogen-bond acceptors (Lipinski definition) is 1. The van der Waals surface area contributed by atoms with Gasteiger partial charge < -0.3 is 0 Å². The molecule has 0 saturated carbocycles. The van der Waals surface area contributed by atoms with Gasteiger partial charge in [0.05, 0.1) is 16.6 Å². The van der Waals surface area contributed by atoms with Crippen LogP contribution in [0.3, 0.4) is 0 Å². The van der Waals surface area contributed by atoms with Crippen molar-refractivity contribution in [1.29, 1.82) is 0 Å². The lowest BCUT2D eigenvalue weighted by Crippen LogP contribution is -1.97. The van der Waals surface area contributed by atoms with Gasteiger partial charge in [-0.2, -0.15) is 0 Å². The lowest BCUT2D eigenvalue weighted by Gasteiger charge is -2.05. The highest BCUT2D eigenvalue weighted by Crippen LogP contribution is 2.27. The minimum Gasteiger partial charge on any atom is -0.249 e. The molecule has 0 bridgehead atoms. The Labute approximate surface area is 97.6 Å². The molecule has 0 spiro atoms. The molecule has 0 aliphatic carbocycles. The normalized spacial score (nSPS) is 10.9. The zero-order valence-corrected chi connectivity index (χ0v) is 9.87. The number of nitrogens with zero attached hydrogens (tertiary/aromatic N) is 1. The van der Waals surface area contributed by atoms with Gasteiger partial charge in [-0.3, -0.25) is 0 Å². The lowest BCUT2D eigenvalue weighted by atomic mass is 10.3. The van der Waals surface area contributed by atoms with E-state index in [2.05, 4.69) is 4.98 Å². The minimum absolute atomic E-state index is 0.0371. The molecule has 0 unspecified atom stereocenters. The molecular weight excluding hydrogens is 334 g/mol. The second kappa shape index (κ2) is 4.70. The van der Waals surface area contributed by atoms with Crippen molar-refractivity contribution in [1.82, 2.24) is 4.98 Å². The summed E-state index contributed by atoms with van der Waals surface area (Å²) in [5.74, 6) is 0.0371. The predicted molar refractivity (Wildman–Crippen MR) is 56.5 cm³/mol. The van der Waals surface area contributed by atoms with Crippen molar-refractivity contribution in [2.45, 2.75) is 12.3 Å². The van der Waals surface area contributed by atoms with E-state index in [9.17, 15) is 8.78 Å². The molecule has 72 valence electrons. The summed E-state index contributed by atoms with van der Waals surface area (Å²) in [6.45, 7) is 0. The summed E-state index contributed by atoms with van der Waals surface area (Å²) in [5, 5.41) is 0.347. The van der Waals surface area contributed by atoms with Crippen molar-refractivity contribution in [2.75, 3.05) is 0 Å². The molecule has 0 saturated heterocycles. The minimum atomic E-state index is -2.59. The fourth-order valence-corrected chi connectivity index (χ4v) is 1.82. The predicted octanol–water partition coefficient (Wildman–Crippen LogP) is 4.02. The number of rotatable bonds is 2. The van der Waals surface area contributed by atoms with Crippen LogP contribution in [0, 0.1) is 3.57 Å². The molecule has 0 aliphatic heterocycles. The Morgan fingerprint density at radius 1 is 1.54 bits per heavy atom. The highest BCUT2D eigenvalue weighted by atomic mass is 127. The van der Waals surface area contributed by atoms with E-state index >= 15 is 0 Å². The Morgan fingerprint density at radius 2 is 2.15 bits per heavy atom. The van der Waals surface area contributed by atoms with Crippen LogP contribution >= 0.6 is 45.8 Å². The van der Waals surface area contributed by atoms with Crippen LogP contribution in [0.15, 0.2) is 6.07 Å². The van der Waals surface area contributed by atoms with E-state index in [1.165, 1.54) is 6.07 Å². The molecule has 0 amide bonds. The molecule has 0 N–H and O–H groups in total. The maximum atomic E-state index is 12.2. The molecule has 1 rings (SSSR count). The van der Waals surface area contributed by atoms with Gasteiger partial charge in [-0.25, -0.2) is 13.8 Å². The van der Waals surface area contributed by atoms with E-state index < -0.39 is 6.43 Å². The topological polar surface area (TPSA) is 12.9 Å². The number of pyridine rings is 1. The van der Waals surface area contributed by atoms with Gasteiger partial charge in [-0.1, -0.05) is 11.6 Å². The third-order valence-electron chi connectivity index (χ3n) is 1.35. The van der Waals surface area contributed by atoms with Crippen LogP contribution in [0.2, 0.25) is 5.02 Å². The van der Waals surface area contributed by atoms with Crippen molar-refractivity contribution in [3.05, 3.63) is 26.0 Å². The van der Waals surface area contributed by atoms with Crippen LogP contribution in [-0.4, -0.2) is 4.98 Å². The fraction of sp³-hybridized carbons (Fsp3) is 0.286. The van der Waals surface area contributed by atoms with Gasteiger partial charge in [-0.05, 0) is 28.7 Å². The molecule has 13 heavy (non-hydrogen) atoms. The summed E-state index contributed by atoms with van der Waals surface area (Å²) in [6, 6.07) is 1.25. The first-order valence-electron chi connectivity index (χ1n) is 3.25. The highest BCUT2D eigenvalue weighted by molar-refractivity contribution is 14.1. The van der Waals surface area contributed by atoms with Crippen LogP contribution in [0.4, 0.5) is 8.78 Å². The summed E-state index contributed by atoms with van der Waals surface area (Å²) in [7, 11) is 0. The van der Waals surface area contributed by atoms with Gasteiger partial charge in [0.15, 0.2) is 0 Å². The van der Waals surface area contributed by atoms with Crippen molar-refractivity contribution in [2.24, 2.45) is 0 Å². The third kappa shape index (κ3) is 2.63. The van der Waals surface area contributed by atoms with Crippen LogP contribution < -0.4 is 0 Å². The van der Waals surface area contributed by atoms with Crippen LogP contribution in [-0.2, 0) is 5.88 Å². The molecule has 0 aromatic carbocycles. The summed E-state index contributed by atoms with van der Waals surface area (Å²) in [6.07, 6.45) is -2.59. The van der Waals surface area contributed by atoms with E-state index in [0.29, 0.717) is 14.3 Å².